The smallest absolute Gasteiger partial charge is 0.165 e. The Labute approximate surface area is 92.1 Å². The van der Waals surface area contributed by atoms with E-state index in [-0.39, 0.29) is 5.60 Å². The van der Waals surface area contributed by atoms with Gasteiger partial charge in [-0.2, -0.15) is 4.89 Å². The lowest BCUT2D eigenvalue weighted by Gasteiger charge is -2.17. The van der Waals surface area contributed by atoms with Crippen molar-refractivity contribution in [1.29, 1.82) is 0 Å². The van der Waals surface area contributed by atoms with E-state index < -0.39 is 0 Å². The number of benzene rings is 1. The van der Waals surface area contributed by atoms with E-state index in [1.807, 2.05) is 32.9 Å². The van der Waals surface area contributed by atoms with Crippen LogP contribution in [-0.2, 0) is 4.89 Å². The first-order valence-electron chi connectivity index (χ1n) is 5.34. The van der Waals surface area contributed by atoms with Gasteiger partial charge in [-0.15, -0.1) is 0 Å². The van der Waals surface area contributed by atoms with Crippen molar-refractivity contribution in [2.45, 2.75) is 46.1 Å². The summed E-state index contributed by atoms with van der Waals surface area (Å²) < 4.78 is 0. The van der Waals surface area contributed by atoms with E-state index in [9.17, 15) is 0 Å². The molecule has 0 fully saturated rings. The molecule has 0 aliphatic carbocycles. The first-order chi connectivity index (χ1) is 6.88. The molecule has 2 heteroatoms. The third kappa shape index (κ3) is 4.34. The van der Waals surface area contributed by atoms with Crippen LogP contribution in [-0.4, -0.2) is 5.60 Å². The maximum absolute atomic E-state index is 5.22. The SMILES string of the molecule is CC(C)c1ccc(OOC(C)(C)C)cc1. The first kappa shape index (κ1) is 12.1. The van der Waals surface area contributed by atoms with Crippen molar-refractivity contribution in [2.24, 2.45) is 0 Å². The van der Waals surface area contributed by atoms with Crippen molar-refractivity contribution < 1.29 is 9.78 Å². The highest BCUT2D eigenvalue weighted by Crippen LogP contribution is 2.20. The van der Waals surface area contributed by atoms with E-state index in [0.29, 0.717) is 5.92 Å². The molecule has 0 aliphatic rings. The highest BCUT2D eigenvalue weighted by atomic mass is 17.2. The average molecular weight is 208 g/mol. The van der Waals surface area contributed by atoms with Gasteiger partial charge in [0.05, 0.1) is 0 Å². The summed E-state index contributed by atoms with van der Waals surface area (Å²) >= 11 is 0. The van der Waals surface area contributed by atoms with Crippen molar-refractivity contribution in [2.75, 3.05) is 0 Å². The lowest BCUT2D eigenvalue weighted by atomic mass is 10.0. The zero-order chi connectivity index (χ0) is 11.5. The Hall–Kier alpha value is -1.02. The van der Waals surface area contributed by atoms with Gasteiger partial charge in [0.1, 0.15) is 5.60 Å². The fourth-order valence-corrected chi connectivity index (χ4v) is 1.08. The van der Waals surface area contributed by atoms with Gasteiger partial charge in [-0.05, 0) is 44.4 Å². The van der Waals surface area contributed by atoms with E-state index >= 15 is 0 Å². The Kier molecular flexibility index (Phi) is 3.75. The molecule has 0 atom stereocenters. The van der Waals surface area contributed by atoms with Crippen LogP contribution in [0.5, 0.6) is 5.75 Å². The van der Waals surface area contributed by atoms with Crippen molar-refractivity contribution in [3.63, 3.8) is 0 Å². The Morgan fingerprint density at radius 2 is 1.53 bits per heavy atom. The van der Waals surface area contributed by atoms with Crippen LogP contribution in [0, 0.1) is 0 Å². The van der Waals surface area contributed by atoms with Gasteiger partial charge < -0.3 is 4.89 Å². The summed E-state index contributed by atoms with van der Waals surface area (Å²) in [5, 5.41) is 0. The summed E-state index contributed by atoms with van der Waals surface area (Å²) in [4.78, 5) is 10.4. The second-order valence-corrected chi connectivity index (χ2v) is 5.00. The molecular formula is C13H20O2. The molecule has 0 heterocycles. The van der Waals surface area contributed by atoms with Gasteiger partial charge in [0.25, 0.3) is 0 Å². The van der Waals surface area contributed by atoms with E-state index in [4.69, 9.17) is 9.78 Å². The number of hydrogen-bond acceptors (Lipinski definition) is 2. The van der Waals surface area contributed by atoms with Crippen LogP contribution in [0.2, 0.25) is 0 Å². The molecule has 84 valence electrons. The van der Waals surface area contributed by atoms with Crippen LogP contribution < -0.4 is 4.89 Å². The third-order valence-electron chi connectivity index (χ3n) is 1.93. The predicted octanol–water partition coefficient (Wildman–Crippen LogP) is 3.92. The average Bonchev–Trinajstić information content (AvgIpc) is 2.14. The summed E-state index contributed by atoms with van der Waals surface area (Å²) in [7, 11) is 0. The monoisotopic (exact) mass is 208 g/mol. The van der Waals surface area contributed by atoms with Crippen molar-refractivity contribution in [1.82, 2.24) is 0 Å². The molecule has 2 nitrogen and oxygen atoms in total. The van der Waals surface area contributed by atoms with Crippen LogP contribution in [0.15, 0.2) is 24.3 Å². The van der Waals surface area contributed by atoms with Gasteiger partial charge in [-0.3, -0.25) is 0 Å². The second kappa shape index (κ2) is 4.67. The summed E-state index contributed by atoms with van der Waals surface area (Å²) in [5.41, 5.74) is 1.02. The molecule has 15 heavy (non-hydrogen) atoms. The first-order valence-corrected chi connectivity index (χ1v) is 5.34. The minimum absolute atomic E-state index is 0.281. The van der Waals surface area contributed by atoms with E-state index in [0.717, 1.165) is 5.75 Å². The molecule has 0 spiro atoms. The van der Waals surface area contributed by atoms with E-state index in [2.05, 4.69) is 26.0 Å². The van der Waals surface area contributed by atoms with Crippen LogP contribution >= 0.6 is 0 Å². The molecule has 0 saturated heterocycles. The Balaban J connectivity index is 2.57. The quantitative estimate of drug-likeness (QED) is 0.553. The minimum atomic E-state index is -0.281. The fraction of sp³-hybridized carbons (Fsp3) is 0.538. The van der Waals surface area contributed by atoms with E-state index in [1.54, 1.807) is 0 Å². The van der Waals surface area contributed by atoms with Crippen molar-refractivity contribution in [3.05, 3.63) is 29.8 Å². The molecule has 1 aromatic rings. The molecule has 0 aromatic heterocycles. The molecular weight excluding hydrogens is 188 g/mol. The molecule has 0 bridgehead atoms. The minimum Gasteiger partial charge on any atom is -0.337 e. The summed E-state index contributed by atoms with van der Waals surface area (Å²) in [5.74, 6) is 1.29. The summed E-state index contributed by atoms with van der Waals surface area (Å²) in [6.07, 6.45) is 0. The van der Waals surface area contributed by atoms with Crippen LogP contribution in [0.25, 0.3) is 0 Å². The summed E-state index contributed by atoms with van der Waals surface area (Å²) in [6.45, 7) is 10.2. The topological polar surface area (TPSA) is 18.5 Å². The zero-order valence-electron chi connectivity index (χ0n) is 10.2. The third-order valence-corrected chi connectivity index (χ3v) is 1.93. The molecule has 0 saturated carbocycles. The lowest BCUT2D eigenvalue weighted by Crippen LogP contribution is -2.21. The van der Waals surface area contributed by atoms with Gasteiger partial charge in [0.15, 0.2) is 5.75 Å². The van der Waals surface area contributed by atoms with Gasteiger partial charge in [-0.25, -0.2) is 0 Å². The highest BCUT2D eigenvalue weighted by Gasteiger charge is 2.12. The lowest BCUT2D eigenvalue weighted by molar-refractivity contribution is -0.274. The standard InChI is InChI=1S/C13H20O2/c1-10(2)11-6-8-12(9-7-11)14-15-13(3,4)5/h6-10H,1-5H3. The molecule has 0 aliphatic heterocycles. The maximum Gasteiger partial charge on any atom is 0.165 e. The van der Waals surface area contributed by atoms with Crippen LogP contribution in [0.3, 0.4) is 0 Å². The fourth-order valence-electron chi connectivity index (χ4n) is 1.08. The Bertz CT molecular complexity index is 293. The molecule has 0 N–H and O–H groups in total. The second-order valence-electron chi connectivity index (χ2n) is 5.00. The molecule has 0 unspecified atom stereocenters. The largest absolute Gasteiger partial charge is 0.337 e. The molecule has 0 amide bonds. The Morgan fingerprint density at radius 1 is 1.00 bits per heavy atom. The Morgan fingerprint density at radius 3 is 1.93 bits per heavy atom. The van der Waals surface area contributed by atoms with Gasteiger partial charge in [-0.1, -0.05) is 26.0 Å². The predicted molar refractivity (Wildman–Crippen MR) is 62.0 cm³/mol. The summed E-state index contributed by atoms with van der Waals surface area (Å²) in [6, 6.07) is 7.99. The number of hydrogen-bond donors (Lipinski definition) is 0. The maximum atomic E-state index is 5.22. The van der Waals surface area contributed by atoms with Crippen LogP contribution in [0.4, 0.5) is 0 Å². The molecule has 1 aromatic carbocycles. The van der Waals surface area contributed by atoms with Crippen molar-refractivity contribution >= 4 is 0 Å². The molecule has 1 rings (SSSR count). The van der Waals surface area contributed by atoms with Gasteiger partial charge in [0.2, 0.25) is 0 Å². The highest BCUT2D eigenvalue weighted by molar-refractivity contribution is 5.28. The van der Waals surface area contributed by atoms with E-state index in [1.165, 1.54) is 5.56 Å². The number of rotatable bonds is 3. The zero-order valence-corrected chi connectivity index (χ0v) is 10.2. The van der Waals surface area contributed by atoms with Crippen LogP contribution in [0.1, 0.15) is 46.1 Å². The van der Waals surface area contributed by atoms with Gasteiger partial charge >= 0.3 is 0 Å². The van der Waals surface area contributed by atoms with Crippen molar-refractivity contribution in [3.8, 4) is 5.75 Å². The van der Waals surface area contributed by atoms with Gasteiger partial charge in [0, 0.05) is 0 Å². The molecule has 0 radical (unpaired) electrons. The normalized spacial score (nSPS) is 11.9.